The largest absolute Gasteiger partial charge is 0.624 e. The third-order valence-electron chi connectivity index (χ3n) is 11.8. The minimum Gasteiger partial charge on any atom is -0.624 e. The Morgan fingerprint density at radius 2 is 1.27 bits per heavy atom. The maximum absolute atomic E-state index is 13.5. The highest BCUT2D eigenvalue weighted by atomic mass is 16.7. The number of nitrogens with zero attached hydrogens (tertiary/aromatic N) is 3. The normalized spacial score (nSPS) is 30.6. The highest BCUT2D eigenvalue weighted by Gasteiger charge is 2.70. The lowest BCUT2D eigenvalue weighted by Gasteiger charge is -2.66. The van der Waals surface area contributed by atoms with E-state index >= 15 is 0 Å². The van der Waals surface area contributed by atoms with Crippen LogP contribution >= 0.6 is 0 Å². The van der Waals surface area contributed by atoms with Gasteiger partial charge in [-0.15, -0.1) is 0 Å². The lowest BCUT2D eigenvalue weighted by Crippen LogP contribution is -2.82. The SMILES string of the molecule is CCCCCCCCON1C(C)(C)CC([N+]2(OCCCCCCCC)C(C)(C)CC3CC2(C)CCCCCC=[N+]3[O-])CC1(C)C. The molecule has 0 aliphatic carbocycles. The molecule has 0 saturated carbocycles. The van der Waals surface area contributed by atoms with Crippen molar-refractivity contribution in [1.82, 2.24) is 5.06 Å². The number of unbranched alkanes of at least 4 members (excludes halogenated alkanes) is 10. The summed E-state index contributed by atoms with van der Waals surface area (Å²) in [6.45, 7) is 23.1. The molecule has 0 aromatic rings. The number of likely N-dealkylation sites (tertiary alicyclic amines) is 1. The van der Waals surface area contributed by atoms with Gasteiger partial charge in [0, 0.05) is 36.8 Å². The Hall–Kier alpha value is -0.690. The van der Waals surface area contributed by atoms with Gasteiger partial charge in [0.05, 0.1) is 19.4 Å². The van der Waals surface area contributed by atoms with Crippen molar-refractivity contribution in [2.45, 2.75) is 231 Å². The van der Waals surface area contributed by atoms with E-state index in [1.165, 1.54) is 81.8 Å². The van der Waals surface area contributed by atoms with Crippen LogP contribution in [0.5, 0.6) is 0 Å². The Morgan fingerprint density at radius 1 is 0.711 bits per heavy atom. The molecule has 45 heavy (non-hydrogen) atoms. The first kappa shape index (κ1) is 38.8. The fourth-order valence-corrected chi connectivity index (χ4v) is 10.1. The summed E-state index contributed by atoms with van der Waals surface area (Å²) in [5.74, 6) is 0. The standard InChI is InChI=1S/C39H76N3O3/c1-10-12-14-16-20-24-28-44-41-36(3,4)32-35(33-37(41,5)6)42(45-29-25-21-17-15-13-11-2)38(7,8)30-34-31-39(42,9)26-22-18-19-23-27-40(34)43/h27,34-35H,10-26,28-33H2,1-9H3/q+1. The van der Waals surface area contributed by atoms with Crippen molar-refractivity contribution >= 4 is 6.21 Å². The fourth-order valence-electron chi connectivity index (χ4n) is 10.1. The highest BCUT2D eigenvalue weighted by Crippen LogP contribution is 2.56. The number of fused-ring (bicyclic) bond motifs is 2. The van der Waals surface area contributed by atoms with Gasteiger partial charge in [-0.25, -0.2) is 9.58 Å². The second-order valence-corrected chi connectivity index (χ2v) is 17.4. The summed E-state index contributed by atoms with van der Waals surface area (Å²) in [5.41, 5.74) is -0.559. The van der Waals surface area contributed by atoms with Gasteiger partial charge in [-0.3, -0.25) is 4.84 Å². The third kappa shape index (κ3) is 9.48. The number of hydrogen-bond acceptors (Lipinski definition) is 4. The molecule has 0 amide bonds. The van der Waals surface area contributed by atoms with Gasteiger partial charge < -0.3 is 5.21 Å². The second-order valence-electron chi connectivity index (χ2n) is 17.4. The molecule has 2 fully saturated rings. The molecule has 3 heterocycles. The van der Waals surface area contributed by atoms with Gasteiger partial charge in [-0.05, 0) is 74.1 Å². The average molecular weight is 635 g/mol. The van der Waals surface area contributed by atoms with E-state index in [1.54, 1.807) is 0 Å². The quantitative estimate of drug-likeness (QED) is 0.0691. The summed E-state index contributed by atoms with van der Waals surface area (Å²) in [6.07, 6.45) is 26.6. The van der Waals surface area contributed by atoms with Crippen molar-refractivity contribution in [2.75, 3.05) is 13.2 Å². The van der Waals surface area contributed by atoms with E-state index < -0.39 is 0 Å². The van der Waals surface area contributed by atoms with Gasteiger partial charge >= 0.3 is 0 Å². The van der Waals surface area contributed by atoms with E-state index in [1.807, 2.05) is 6.21 Å². The molecule has 0 radical (unpaired) electrons. The van der Waals surface area contributed by atoms with Crippen molar-refractivity contribution < 1.29 is 19.1 Å². The van der Waals surface area contributed by atoms with Crippen molar-refractivity contribution in [2.24, 2.45) is 0 Å². The van der Waals surface area contributed by atoms with Crippen LogP contribution in [0.25, 0.3) is 0 Å². The highest BCUT2D eigenvalue weighted by molar-refractivity contribution is 5.51. The molecule has 3 aliphatic heterocycles. The molecular formula is C39H76N3O3+. The molecule has 2 bridgehead atoms. The summed E-state index contributed by atoms with van der Waals surface area (Å²) in [7, 11) is 0. The smallest absolute Gasteiger partial charge is 0.175 e. The zero-order valence-corrected chi connectivity index (χ0v) is 31.6. The van der Waals surface area contributed by atoms with Crippen molar-refractivity contribution in [3.05, 3.63) is 5.21 Å². The van der Waals surface area contributed by atoms with E-state index in [2.05, 4.69) is 67.4 Å². The molecule has 3 unspecified atom stereocenters. The predicted octanol–water partition coefficient (Wildman–Crippen LogP) is 10.7. The molecular weight excluding hydrogens is 558 g/mol. The summed E-state index contributed by atoms with van der Waals surface area (Å²) in [6, 6.07) is 0.353. The van der Waals surface area contributed by atoms with Crippen LogP contribution in [0.3, 0.4) is 0 Å². The van der Waals surface area contributed by atoms with E-state index in [0.29, 0.717) is 10.7 Å². The van der Waals surface area contributed by atoms with Crippen molar-refractivity contribution in [3.63, 3.8) is 0 Å². The van der Waals surface area contributed by atoms with Crippen LogP contribution in [0.15, 0.2) is 0 Å². The Labute approximate surface area is 279 Å². The first-order valence-electron chi connectivity index (χ1n) is 19.5. The molecule has 3 atom stereocenters. The van der Waals surface area contributed by atoms with Crippen LogP contribution < -0.4 is 0 Å². The lowest BCUT2D eigenvalue weighted by molar-refractivity contribution is -1.19. The van der Waals surface area contributed by atoms with Gasteiger partial charge in [0.1, 0.15) is 23.7 Å². The zero-order chi connectivity index (χ0) is 33.2. The van der Waals surface area contributed by atoms with Gasteiger partial charge in [0.25, 0.3) is 0 Å². The molecule has 2 saturated heterocycles. The molecule has 0 aromatic heterocycles. The maximum Gasteiger partial charge on any atom is 0.175 e. The molecule has 0 N–H and O–H groups in total. The van der Waals surface area contributed by atoms with Crippen LogP contribution in [0.1, 0.15) is 197 Å². The minimum absolute atomic E-state index is 0.0220. The Bertz CT molecular complexity index is 884. The number of hydrogen-bond donors (Lipinski definition) is 0. The number of rotatable bonds is 17. The average Bonchev–Trinajstić information content (AvgIpc) is 2.95. The summed E-state index contributed by atoms with van der Waals surface area (Å²) in [4.78, 5) is 14.2. The molecule has 264 valence electrons. The number of piperidine rings is 2. The first-order valence-corrected chi connectivity index (χ1v) is 19.5. The van der Waals surface area contributed by atoms with Gasteiger partial charge in [-0.1, -0.05) is 84.5 Å². The van der Waals surface area contributed by atoms with Crippen molar-refractivity contribution in [1.29, 1.82) is 0 Å². The molecule has 0 spiro atoms. The van der Waals surface area contributed by atoms with Crippen LogP contribution in [0, 0.1) is 5.21 Å². The van der Waals surface area contributed by atoms with Gasteiger partial charge in [-0.2, -0.15) is 9.71 Å². The van der Waals surface area contributed by atoms with E-state index in [0.717, 1.165) is 71.0 Å². The number of hydroxylamine groups is 6. The molecule has 0 aromatic carbocycles. The Kier molecular flexibility index (Phi) is 14.7. The van der Waals surface area contributed by atoms with Crippen LogP contribution in [-0.4, -0.2) is 68.1 Å². The topological polar surface area (TPSA) is 47.8 Å². The van der Waals surface area contributed by atoms with Crippen molar-refractivity contribution in [3.8, 4) is 0 Å². The lowest BCUT2D eigenvalue weighted by atomic mass is 9.68. The Morgan fingerprint density at radius 3 is 1.87 bits per heavy atom. The van der Waals surface area contributed by atoms with Crippen LogP contribution in [0.2, 0.25) is 0 Å². The van der Waals surface area contributed by atoms with Gasteiger partial charge in [0.2, 0.25) is 0 Å². The molecule has 6 nitrogen and oxygen atoms in total. The van der Waals surface area contributed by atoms with E-state index in [4.69, 9.17) is 9.68 Å². The third-order valence-corrected chi connectivity index (χ3v) is 11.8. The predicted molar refractivity (Wildman–Crippen MR) is 190 cm³/mol. The summed E-state index contributed by atoms with van der Waals surface area (Å²) >= 11 is 0. The second kappa shape index (κ2) is 17.1. The van der Waals surface area contributed by atoms with Crippen LogP contribution in [-0.2, 0) is 9.68 Å². The minimum atomic E-state index is -0.187. The zero-order valence-electron chi connectivity index (χ0n) is 31.6. The molecule has 6 heteroatoms. The summed E-state index contributed by atoms with van der Waals surface area (Å²) < 4.78 is 2.04. The molecule has 3 rings (SSSR count). The van der Waals surface area contributed by atoms with Crippen LogP contribution in [0.4, 0.5) is 0 Å². The molecule has 3 aliphatic rings. The van der Waals surface area contributed by atoms with E-state index in [-0.39, 0.29) is 28.2 Å². The Balaban J connectivity index is 1.91. The summed E-state index contributed by atoms with van der Waals surface area (Å²) in [5, 5.41) is 15.9. The van der Waals surface area contributed by atoms with E-state index in [9.17, 15) is 5.21 Å². The number of quaternary nitrogens is 1. The fraction of sp³-hybridized carbons (Fsp3) is 0.974. The maximum atomic E-state index is 13.5. The monoisotopic (exact) mass is 635 g/mol. The first-order chi connectivity index (χ1) is 21.3. The van der Waals surface area contributed by atoms with Gasteiger partial charge in [0.15, 0.2) is 12.3 Å².